The second-order valence-electron chi connectivity index (χ2n) is 12.3. The number of ether oxygens (including phenoxy) is 2. The quantitative estimate of drug-likeness (QED) is 0.209. The van der Waals surface area contributed by atoms with Crippen molar-refractivity contribution in [3.63, 3.8) is 0 Å². The van der Waals surface area contributed by atoms with Crippen molar-refractivity contribution in [2.24, 2.45) is 0 Å². The topological polar surface area (TPSA) is 132 Å². The number of sulfone groups is 1. The highest BCUT2D eigenvalue weighted by atomic mass is 35.5. The molecule has 2 aromatic carbocycles. The lowest BCUT2D eigenvalue weighted by Gasteiger charge is -2.30. The highest BCUT2D eigenvalue weighted by molar-refractivity contribution is 7.90. The number of pyridine rings is 1. The van der Waals surface area contributed by atoms with E-state index in [4.69, 9.17) is 26.1 Å². The van der Waals surface area contributed by atoms with E-state index in [9.17, 15) is 13.2 Å². The molecule has 45 heavy (non-hydrogen) atoms. The van der Waals surface area contributed by atoms with Crippen LogP contribution in [0.1, 0.15) is 57.7 Å². The first-order valence-corrected chi connectivity index (χ1v) is 16.9. The van der Waals surface area contributed by atoms with Gasteiger partial charge in [-0.3, -0.25) is 0 Å². The molecule has 1 aliphatic rings. The molecule has 0 aliphatic heterocycles. The van der Waals surface area contributed by atoms with Crippen molar-refractivity contribution in [2.75, 3.05) is 12.4 Å². The summed E-state index contributed by atoms with van der Waals surface area (Å²) in [4.78, 5) is 26.1. The highest BCUT2D eigenvalue weighted by Gasteiger charge is 2.25. The number of hydrogen-bond donors (Lipinski definition) is 2. The number of rotatable bonds is 8. The minimum atomic E-state index is -3.71. The second-order valence-corrected chi connectivity index (χ2v) is 14.7. The van der Waals surface area contributed by atoms with Crippen LogP contribution in [0.5, 0.6) is 5.88 Å². The standard InChI is InChI=1S/C33H38ClN5O5S/c1-20-16-28-21(18-35-31(39-28)37-22-10-12-23(13-11-22)38-32(40)44-33(2,3)4)17-26(20)25-15-14-24(36-30(25)43-5)19-45(41,42)29-9-7-6-8-27(29)34/h6-9,14-18,22-23H,10-13,19H2,1-5H3,(H,38,40)(H,35,37,39). The average molecular weight is 652 g/mol. The van der Waals surface area contributed by atoms with Gasteiger partial charge < -0.3 is 20.1 Å². The average Bonchev–Trinajstić information content (AvgIpc) is 2.97. The number of fused-ring (bicyclic) bond motifs is 1. The van der Waals surface area contributed by atoms with Gasteiger partial charge in [-0.1, -0.05) is 23.7 Å². The van der Waals surface area contributed by atoms with E-state index >= 15 is 0 Å². The van der Waals surface area contributed by atoms with E-state index in [1.54, 1.807) is 30.5 Å². The molecule has 1 aliphatic carbocycles. The van der Waals surface area contributed by atoms with Gasteiger partial charge in [0.2, 0.25) is 11.8 Å². The van der Waals surface area contributed by atoms with Gasteiger partial charge in [0.15, 0.2) is 9.84 Å². The molecular formula is C33H38ClN5O5S. The fourth-order valence-corrected chi connectivity index (χ4v) is 7.32. The summed E-state index contributed by atoms with van der Waals surface area (Å²) in [5.74, 6) is 0.567. The van der Waals surface area contributed by atoms with Crippen LogP contribution >= 0.6 is 11.6 Å². The molecule has 0 atom stereocenters. The summed E-state index contributed by atoms with van der Waals surface area (Å²) in [5, 5.41) is 7.45. The summed E-state index contributed by atoms with van der Waals surface area (Å²) in [6, 6.07) is 14.2. The van der Waals surface area contributed by atoms with Gasteiger partial charge >= 0.3 is 6.09 Å². The number of carbonyl (C=O) groups excluding carboxylic acids is 1. The van der Waals surface area contributed by atoms with Crippen molar-refractivity contribution in [1.82, 2.24) is 20.3 Å². The predicted octanol–water partition coefficient (Wildman–Crippen LogP) is 6.88. The van der Waals surface area contributed by atoms with Gasteiger partial charge in [-0.2, -0.15) is 0 Å². The normalized spacial score (nSPS) is 17.1. The Labute approximate surface area is 268 Å². The Kier molecular flexibility index (Phi) is 9.50. The maximum atomic E-state index is 13.0. The Morgan fingerprint density at radius 1 is 1.00 bits per heavy atom. The lowest BCUT2D eigenvalue weighted by atomic mass is 9.91. The molecular weight excluding hydrogens is 614 g/mol. The van der Waals surface area contributed by atoms with Crippen LogP contribution in [0.15, 0.2) is 59.6 Å². The van der Waals surface area contributed by atoms with Crippen LogP contribution in [-0.4, -0.2) is 54.3 Å². The van der Waals surface area contributed by atoms with E-state index < -0.39 is 15.4 Å². The van der Waals surface area contributed by atoms with Gasteiger partial charge in [0, 0.05) is 29.2 Å². The molecule has 0 unspecified atom stereocenters. The van der Waals surface area contributed by atoms with E-state index in [2.05, 4.69) is 20.6 Å². The minimum absolute atomic E-state index is 0.0682. The van der Waals surface area contributed by atoms with E-state index in [0.29, 0.717) is 17.5 Å². The number of benzene rings is 2. The Balaban J connectivity index is 1.28. The lowest BCUT2D eigenvalue weighted by molar-refractivity contribution is 0.0492. The van der Waals surface area contributed by atoms with Gasteiger partial charge in [-0.05, 0) is 101 Å². The molecule has 5 rings (SSSR count). The molecule has 2 aromatic heterocycles. The van der Waals surface area contributed by atoms with Crippen LogP contribution in [0.25, 0.3) is 22.0 Å². The van der Waals surface area contributed by atoms with E-state index in [1.165, 1.54) is 13.2 Å². The Bertz CT molecular complexity index is 1820. The van der Waals surface area contributed by atoms with E-state index in [1.807, 2.05) is 45.9 Å². The van der Waals surface area contributed by atoms with Crippen LogP contribution in [-0.2, 0) is 20.3 Å². The molecule has 238 valence electrons. The molecule has 1 amide bonds. The molecule has 0 saturated heterocycles. The van der Waals surface area contributed by atoms with E-state index in [-0.39, 0.29) is 33.8 Å². The number of carbonyl (C=O) groups is 1. The summed E-state index contributed by atoms with van der Waals surface area (Å²) >= 11 is 6.14. The number of amides is 1. The largest absolute Gasteiger partial charge is 0.481 e. The van der Waals surface area contributed by atoms with Crippen LogP contribution in [0, 0.1) is 6.92 Å². The number of nitrogens with one attached hydrogen (secondary N) is 2. The first-order chi connectivity index (χ1) is 21.3. The molecule has 12 heteroatoms. The summed E-state index contributed by atoms with van der Waals surface area (Å²) in [6.45, 7) is 7.54. The summed E-state index contributed by atoms with van der Waals surface area (Å²) in [7, 11) is -2.20. The van der Waals surface area contributed by atoms with Crippen LogP contribution < -0.4 is 15.4 Å². The summed E-state index contributed by atoms with van der Waals surface area (Å²) < 4.78 is 37.0. The highest BCUT2D eigenvalue weighted by Crippen LogP contribution is 2.34. The smallest absolute Gasteiger partial charge is 0.407 e. The van der Waals surface area contributed by atoms with Gasteiger partial charge in [0.05, 0.1) is 34.0 Å². The number of alkyl carbamates (subject to hydrolysis) is 1. The second kappa shape index (κ2) is 13.2. The monoisotopic (exact) mass is 651 g/mol. The van der Waals surface area contributed by atoms with Crippen molar-refractivity contribution < 1.29 is 22.7 Å². The number of halogens is 1. The van der Waals surface area contributed by atoms with Crippen molar-refractivity contribution in [3.05, 3.63) is 71.0 Å². The summed E-state index contributed by atoms with van der Waals surface area (Å²) in [5.41, 5.74) is 3.19. The zero-order valence-electron chi connectivity index (χ0n) is 26.1. The predicted molar refractivity (Wildman–Crippen MR) is 175 cm³/mol. The molecule has 2 heterocycles. The SMILES string of the molecule is COc1nc(CS(=O)(=O)c2ccccc2Cl)ccc1-c1cc2cnc(NC3CCC(NC(=O)OC(C)(C)C)CC3)nc2cc1C. The van der Waals surface area contributed by atoms with Crippen molar-refractivity contribution >= 4 is 44.4 Å². The Morgan fingerprint density at radius 3 is 2.40 bits per heavy atom. The number of anilines is 1. The number of aryl methyl sites for hydroxylation is 1. The van der Waals surface area contributed by atoms with Crippen LogP contribution in [0.3, 0.4) is 0 Å². The minimum Gasteiger partial charge on any atom is -0.481 e. The van der Waals surface area contributed by atoms with Gasteiger partial charge in [-0.25, -0.2) is 28.2 Å². The van der Waals surface area contributed by atoms with Gasteiger partial charge in [0.1, 0.15) is 5.60 Å². The number of methoxy groups -OCH3 is 1. The first-order valence-electron chi connectivity index (χ1n) is 14.9. The van der Waals surface area contributed by atoms with Crippen LogP contribution in [0.4, 0.5) is 10.7 Å². The third-order valence-corrected chi connectivity index (χ3v) is 9.76. The molecule has 2 N–H and O–H groups in total. The van der Waals surface area contributed by atoms with Gasteiger partial charge in [-0.15, -0.1) is 0 Å². The molecule has 10 nitrogen and oxygen atoms in total. The van der Waals surface area contributed by atoms with Crippen molar-refractivity contribution in [1.29, 1.82) is 0 Å². The molecule has 4 aromatic rings. The molecule has 0 spiro atoms. The lowest BCUT2D eigenvalue weighted by Crippen LogP contribution is -2.42. The fourth-order valence-electron chi connectivity index (χ4n) is 5.47. The van der Waals surface area contributed by atoms with Gasteiger partial charge in [0.25, 0.3) is 0 Å². The Morgan fingerprint density at radius 2 is 1.71 bits per heavy atom. The molecule has 0 bridgehead atoms. The van der Waals surface area contributed by atoms with E-state index in [0.717, 1.165) is 53.3 Å². The zero-order chi connectivity index (χ0) is 32.4. The summed E-state index contributed by atoms with van der Waals surface area (Å²) in [6.07, 6.45) is 4.84. The number of nitrogens with zero attached hydrogens (tertiary/aromatic N) is 3. The zero-order valence-corrected chi connectivity index (χ0v) is 27.6. The maximum absolute atomic E-state index is 13.0. The third kappa shape index (κ3) is 8.01. The van der Waals surface area contributed by atoms with Crippen LogP contribution in [0.2, 0.25) is 5.02 Å². The maximum Gasteiger partial charge on any atom is 0.407 e. The van der Waals surface area contributed by atoms with Crippen molar-refractivity contribution in [2.45, 2.75) is 81.7 Å². The molecule has 1 fully saturated rings. The number of aromatic nitrogens is 3. The Hall–Kier alpha value is -3.96. The third-order valence-electron chi connectivity index (χ3n) is 7.62. The first kappa shape index (κ1) is 32.4. The molecule has 1 saturated carbocycles. The fraction of sp³-hybridized carbons (Fsp3) is 0.394. The molecule has 0 radical (unpaired) electrons. The van der Waals surface area contributed by atoms with Crippen molar-refractivity contribution in [3.8, 4) is 17.0 Å². The number of hydrogen-bond acceptors (Lipinski definition) is 9.